The quantitative estimate of drug-likeness (QED) is 0.783. The van der Waals surface area contributed by atoms with Gasteiger partial charge in [0.2, 0.25) is 11.8 Å². The second-order valence-corrected chi connectivity index (χ2v) is 6.78. The van der Waals surface area contributed by atoms with Crippen LogP contribution in [0.4, 0.5) is 5.69 Å². The second kappa shape index (κ2) is 8.71. The number of anilines is 1. The number of aromatic hydroxyl groups is 1. The Morgan fingerprint density at radius 3 is 2.28 bits per heavy atom. The van der Waals surface area contributed by atoms with E-state index in [0.29, 0.717) is 13.1 Å². The van der Waals surface area contributed by atoms with Crippen LogP contribution in [-0.4, -0.2) is 79.1 Å². The van der Waals surface area contributed by atoms with E-state index in [9.17, 15) is 14.7 Å². The van der Waals surface area contributed by atoms with E-state index in [1.54, 1.807) is 24.1 Å². The Morgan fingerprint density at radius 2 is 1.72 bits per heavy atom. The van der Waals surface area contributed by atoms with Gasteiger partial charge in [0.15, 0.2) is 0 Å². The summed E-state index contributed by atoms with van der Waals surface area (Å²) in [5, 5.41) is 12.2. The molecule has 0 saturated carbocycles. The molecule has 1 heterocycles. The summed E-state index contributed by atoms with van der Waals surface area (Å²) in [5.74, 6) is 0.231. The van der Waals surface area contributed by atoms with Gasteiger partial charge in [-0.2, -0.15) is 0 Å². The van der Waals surface area contributed by atoms with Gasteiger partial charge in [-0.05, 0) is 45.2 Å². The summed E-state index contributed by atoms with van der Waals surface area (Å²) in [7, 11) is 1.78. The van der Waals surface area contributed by atoms with E-state index in [1.165, 1.54) is 0 Å². The third kappa shape index (κ3) is 5.94. The standard InChI is InChI=1S/C18H28N4O3/c1-14(2)19-17(24)12-20(3)13-18(25)22-10-8-21(9-11-22)15-4-6-16(23)7-5-15/h4-7,14,23H,8-13H2,1-3H3,(H,19,24). The number of piperazine rings is 1. The van der Waals surface area contributed by atoms with Crippen LogP contribution >= 0.6 is 0 Å². The molecule has 0 bridgehead atoms. The summed E-state index contributed by atoms with van der Waals surface area (Å²) in [6.45, 7) is 7.12. The predicted molar refractivity (Wildman–Crippen MR) is 97.7 cm³/mol. The number of rotatable bonds is 6. The fourth-order valence-electron chi connectivity index (χ4n) is 2.88. The zero-order chi connectivity index (χ0) is 18.4. The van der Waals surface area contributed by atoms with Crippen molar-refractivity contribution in [3.63, 3.8) is 0 Å². The average Bonchev–Trinajstić information content (AvgIpc) is 2.54. The smallest absolute Gasteiger partial charge is 0.236 e. The third-order valence-corrected chi connectivity index (χ3v) is 4.12. The lowest BCUT2D eigenvalue weighted by molar-refractivity contribution is -0.133. The van der Waals surface area contributed by atoms with Crippen LogP contribution in [-0.2, 0) is 9.59 Å². The Hall–Kier alpha value is -2.28. The van der Waals surface area contributed by atoms with Crippen molar-refractivity contribution in [2.24, 2.45) is 0 Å². The zero-order valence-electron chi connectivity index (χ0n) is 15.2. The van der Waals surface area contributed by atoms with Gasteiger partial charge >= 0.3 is 0 Å². The zero-order valence-corrected chi connectivity index (χ0v) is 15.2. The molecule has 25 heavy (non-hydrogen) atoms. The van der Waals surface area contributed by atoms with Crippen LogP contribution in [0, 0.1) is 0 Å². The van der Waals surface area contributed by atoms with Crippen molar-refractivity contribution in [3.8, 4) is 5.75 Å². The molecular formula is C18H28N4O3. The summed E-state index contributed by atoms with van der Waals surface area (Å²) >= 11 is 0. The van der Waals surface area contributed by atoms with Crippen LogP contribution in [0.2, 0.25) is 0 Å². The van der Waals surface area contributed by atoms with Crippen molar-refractivity contribution in [3.05, 3.63) is 24.3 Å². The van der Waals surface area contributed by atoms with Crippen LogP contribution < -0.4 is 10.2 Å². The first-order valence-electron chi connectivity index (χ1n) is 8.65. The van der Waals surface area contributed by atoms with Gasteiger partial charge in [-0.25, -0.2) is 0 Å². The van der Waals surface area contributed by atoms with Gasteiger partial charge in [-0.3, -0.25) is 14.5 Å². The molecule has 1 aliphatic rings. The highest BCUT2D eigenvalue weighted by Gasteiger charge is 2.22. The number of phenols is 1. The van der Waals surface area contributed by atoms with Crippen LogP contribution in [0.3, 0.4) is 0 Å². The minimum atomic E-state index is -0.0672. The minimum absolute atomic E-state index is 0.0465. The normalized spacial score (nSPS) is 14.9. The number of amides is 2. The molecule has 0 atom stereocenters. The average molecular weight is 348 g/mol. The SMILES string of the molecule is CC(C)NC(=O)CN(C)CC(=O)N1CCN(c2ccc(O)cc2)CC1. The van der Waals surface area contributed by atoms with Crippen molar-refractivity contribution < 1.29 is 14.7 Å². The first-order valence-corrected chi connectivity index (χ1v) is 8.65. The molecule has 0 aliphatic carbocycles. The van der Waals surface area contributed by atoms with Crippen molar-refractivity contribution in [2.45, 2.75) is 19.9 Å². The molecule has 138 valence electrons. The topological polar surface area (TPSA) is 76.1 Å². The number of hydrogen-bond donors (Lipinski definition) is 2. The molecular weight excluding hydrogens is 320 g/mol. The van der Waals surface area contributed by atoms with E-state index < -0.39 is 0 Å². The number of carbonyl (C=O) groups is 2. The maximum absolute atomic E-state index is 12.4. The molecule has 1 saturated heterocycles. The highest BCUT2D eigenvalue weighted by molar-refractivity contribution is 5.81. The summed E-state index contributed by atoms with van der Waals surface area (Å²) < 4.78 is 0. The van der Waals surface area contributed by atoms with Crippen molar-refractivity contribution in [1.29, 1.82) is 0 Å². The van der Waals surface area contributed by atoms with E-state index in [0.717, 1.165) is 18.8 Å². The Kier molecular flexibility index (Phi) is 6.64. The molecule has 2 N–H and O–H groups in total. The van der Waals surface area contributed by atoms with Gasteiger partial charge in [0.1, 0.15) is 5.75 Å². The molecule has 7 nitrogen and oxygen atoms in total. The van der Waals surface area contributed by atoms with Gasteiger partial charge in [-0.15, -0.1) is 0 Å². The van der Waals surface area contributed by atoms with E-state index in [1.807, 2.05) is 30.9 Å². The maximum atomic E-state index is 12.4. The van der Waals surface area contributed by atoms with E-state index in [2.05, 4.69) is 10.2 Å². The number of nitrogens with zero attached hydrogens (tertiary/aromatic N) is 3. The summed E-state index contributed by atoms with van der Waals surface area (Å²) in [6.07, 6.45) is 0. The number of phenolic OH excluding ortho intramolecular Hbond substituents is 1. The summed E-state index contributed by atoms with van der Waals surface area (Å²) in [5.41, 5.74) is 1.05. The largest absolute Gasteiger partial charge is 0.508 e. The maximum Gasteiger partial charge on any atom is 0.236 e. The van der Waals surface area contributed by atoms with Gasteiger partial charge < -0.3 is 20.2 Å². The lowest BCUT2D eigenvalue weighted by atomic mass is 10.2. The highest BCUT2D eigenvalue weighted by atomic mass is 16.3. The Bertz CT molecular complexity index is 580. The molecule has 7 heteroatoms. The number of carbonyl (C=O) groups excluding carboxylic acids is 2. The van der Waals surface area contributed by atoms with Gasteiger partial charge in [0.25, 0.3) is 0 Å². The molecule has 1 aliphatic heterocycles. The molecule has 2 amide bonds. The van der Waals surface area contributed by atoms with Gasteiger partial charge in [0.05, 0.1) is 13.1 Å². The van der Waals surface area contributed by atoms with Gasteiger partial charge in [0, 0.05) is 37.9 Å². The molecule has 0 radical (unpaired) electrons. The monoisotopic (exact) mass is 348 g/mol. The van der Waals surface area contributed by atoms with E-state index in [-0.39, 0.29) is 36.7 Å². The second-order valence-electron chi connectivity index (χ2n) is 6.78. The van der Waals surface area contributed by atoms with Gasteiger partial charge in [-0.1, -0.05) is 0 Å². The first-order chi connectivity index (χ1) is 11.8. The molecule has 1 aromatic rings. The van der Waals surface area contributed by atoms with Crippen LogP contribution in [0.5, 0.6) is 5.75 Å². The van der Waals surface area contributed by atoms with Crippen molar-refractivity contribution >= 4 is 17.5 Å². The minimum Gasteiger partial charge on any atom is -0.508 e. The lowest BCUT2D eigenvalue weighted by Crippen LogP contribution is -2.51. The number of hydrogen-bond acceptors (Lipinski definition) is 5. The third-order valence-electron chi connectivity index (χ3n) is 4.12. The number of likely N-dealkylation sites (N-methyl/N-ethyl adjacent to an activating group) is 1. The van der Waals surface area contributed by atoms with Crippen LogP contribution in [0.25, 0.3) is 0 Å². The molecule has 1 fully saturated rings. The summed E-state index contributed by atoms with van der Waals surface area (Å²) in [6, 6.07) is 7.21. The predicted octanol–water partition coefficient (Wildman–Crippen LogP) is 0.497. The molecule has 0 aromatic heterocycles. The molecule has 0 unspecified atom stereocenters. The number of benzene rings is 1. The van der Waals surface area contributed by atoms with E-state index >= 15 is 0 Å². The Balaban J connectivity index is 1.77. The van der Waals surface area contributed by atoms with Crippen LogP contribution in [0.1, 0.15) is 13.8 Å². The number of nitrogens with one attached hydrogen (secondary N) is 1. The fraction of sp³-hybridized carbons (Fsp3) is 0.556. The van der Waals surface area contributed by atoms with Crippen molar-refractivity contribution in [1.82, 2.24) is 15.1 Å². The highest BCUT2D eigenvalue weighted by Crippen LogP contribution is 2.19. The molecule has 2 rings (SSSR count). The Morgan fingerprint density at radius 1 is 1.12 bits per heavy atom. The lowest BCUT2D eigenvalue weighted by Gasteiger charge is -2.36. The fourth-order valence-corrected chi connectivity index (χ4v) is 2.88. The molecule has 0 spiro atoms. The first kappa shape index (κ1) is 19.1. The van der Waals surface area contributed by atoms with Crippen molar-refractivity contribution in [2.75, 3.05) is 51.2 Å². The molecule has 1 aromatic carbocycles. The Labute approximate surface area is 149 Å². The van der Waals surface area contributed by atoms with Crippen LogP contribution in [0.15, 0.2) is 24.3 Å². The van der Waals surface area contributed by atoms with E-state index in [4.69, 9.17) is 0 Å². The summed E-state index contributed by atoms with van der Waals surface area (Å²) in [4.78, 5) is 29.9.